The van der Waals surface area contributed by atoms with Gasteiger partial charge in [0.15, 0.2) is 0 Å². The number of hydrogen-bond donors (Lipinski definition) is 2. The van der Waals surface area contributed by atoms with Crippen molar-refractivity contribution in [3.63, 3.8) is 0 Å². The van der Waals surface area contributed by atoms with Crippen LogP contribution in [0.2, 0.25) is 0 Å². The van der Waals surface area contributed by atoms with E-state index in [1.807, 2.05) is 0 Å². The van der Waals surface area contributed by atoms with E-state index in [-0.39, 0.29) is 4.90 Å². The minimum atomic E-state index is -3.65. The number of benzene rings is 1. The topological polar surface area (TPSA) is 84.2 Å². The van der Waals surface area contributed by atoms with E-state index in [4.69, 9.17) is 0 Å². The van der Waals surface area contributed by atoms with Crippen molar-refractivity contribution in [1.82, 2.24) is 9.78 Å². The lowest BCUT2D eigenvalue weighted by molar-refractivity contribution is 0.199. The van der Waals surface area contributed by atoms with Crippen molar-refractivity contribution >= 4 is 15.7 Å². The fourth-order valence-corrected chi connectivity index (χ4v) is 2.93. The molecular formula is C13H17N3O3S. The lowest BCUT2D eigenvalue weighted by Gasteiger charge is -2.09. The van der Waals surface area contributed by atoms with Gasteiger partial charge in [-0.15, -0.1) is 0 Å². The predicted octanol–water partition coefficient (Wildman–Crippen LogP) is 1.58. The lowest BCUT2D eigenvalue weighted by atomic mass is 10.1. The second kappa shape index (κ2) is 5.26. The summed E-state index contributed by atoms with van der Waals surface area (Å²) in [5.74, 6) is 0. The van der Waals surface area contributed by atoms with Crippen molar-refractivity contribution < 1.29 is 13.5 Å². The Morgan fingerprint density at radius 2 is 1.90 bits per heavy atom. The molecule has 0 aliphatic rings. The highest BCUT2D eigenvalue weighted by molar-refractivity contribution is 7.92. The standard InChI is InChI=1S/C13H17N3O3S/c1-9-13(8-16(3)14-9)15-20(18,19)12-6-4-11(5-7-12)10(2)17/h4-8,10,15,17H,1-3H3. The van der Waals surface area contributed by atoms with Gasteiger partial charge in [-0.05, 0) is 31.5 Å². The number of sulfonamides is 1. The van der Waals surface area contributed by atoms with E-state index in [9.17, 15) is 13.5 Å². The van der Waals surface area contributed by atoms with Gasteiger partial charge in [-0.25, -0.2) is 8.42 Å². The smallest absolute Gasteiger partial charge is 0.262 e. The minimum absolute atomic E-state index is 0.144. The molecule has 2 aromatic rings. The molecule has 1 unspecified atom stereocenters. The Hall–Kier alpha value is -1.86. The molecule has 20 heavy (non-hydrogen) atoms. The van der Waals surface area contributed by atoms with E-state index in [1.165, 1.54) is 12.1 Å². The molecule has 2 rings (SSSR count). The number of aliphatic hydroxyl groups is 1. The van der Waals surface area contributed by atoms with Gasteiger partial charge in [-0.3, -0.25) is 9.40 Å². The monoisotopic (exact) mass is 295 g/mol. The molecule has 0 saturated carbocycles. The zero-order valence-corrected chi connectivity index (χ0v) is 12.3. The van der Waals surface area contributed by atoms with Crippen molar-refractivity contribution in [2.24, 2.45) is 7.05 Å². The quantitative estimate of drug-likeness (QED) is 0.897. The van der Waals surface area contributed by atoms with Crippen molar-refractivity contribution in [2.45, 2.75) is 24.8 Å². The molecule has 0 bridgehead atoms. The van der Waals surface area contributed by atoms with Gasteiger partial charge in [0, 0.05) is 13.2 Å². The summed E-state index contributed by atoms with van der Waals surface area (Å²) in [6.45, 7) is 3.36. The summed E-state index contributed by atoms with van der Waals surface area (Å²) in [4.78, 5) is 0.144. The largest absolute Gasteiger partial charge is 0.389 e. The van der Waals surface area contributed by atoms with Crippen LogP contribution in [0.25, 0.3) is 0 Å². The number of rotatable bonds is 4. The van der Waals surface area contributed by atoms with Crippen LogP contribution in [0, 0.1) is 6.92 Å². The molecule has 7 heteroatoms. The van der Waals surface area contributed by atoms with Crippen LogP contribution in [0.5, 0.6) is 0 Å². The molecule has 1 aromatic heterocycles. The fraction of sp³-hybridized carbons (Fsp3) is 0.308. The first-order chi connectivity index (χ1) is 9.29. The van der Waals surface area contributed by atoms with Crippen molar-refractivity contribution in [2.75, 3.05) is 4.72 Å². The molecule has 0 radical (unpaired) electrons. The van der Waals surface area contributed by atoms with E-state index < -0.39 is 16.1 Å². The molecule has 1 atom stereocenters. The number of nitrogens with zero attached hydrogens (tertiary/aromatic N) is 2. The third-order valence-electron chi connectivity index (χ3n) is 2.93. The Morgan fingerprint density at radius 3 is 2.35 bits per heavy atom. The minimum Gasteiger partial charge on any atom is -0.389 e. The number of aliphatic hydroxyl groups excluding tert-OH is 1. The molecule has 0 spiro atoms. The predicted molar refractivity (Wildman–Crippen MR) is 75.8 cm³/mol. The van der Waals surface area contributed by atoms with Crippen LogP contribution in [-0.4, -0.2) is 23.3 Å². The average molecular weight is 295 g/mol. The summed E-state index contributed by atoms with van der Waals surface area (Å²) >= 11 is 0. The zero-order valence-electron chi connectivity index (χ0n) is 11.5. The average Bonchev–Trinajstić information content (AvgIpc) is 2.67. The molecular weight excluding hydrogens is 278 g/mol. The van der Waals surface area contributed by atoms with Crippen molar-refractivity contribution in [1.29, 1.82) is 0 Å². The Balaban J connectivity index is 2.28. The highest BCUT2D eigenvalue weighted by Crippen LogP contribution is 2.20. The van der Waals surface area contributed by atoms with Gasteiger partial charge >= 0.3 is 0 Å². The lowest BCUT2D eigenvalue weighted by Crippen LogP contribution is -2.13. The molecule has 1 heterocycles. The van der Waals surface area contributed by atoms with Crippen LogP contribution in [0.15, 0.2) is 35.4 Å². The first-order valence-corrected chi connectivity index (χ1v) is 7.59. The van der Waals surface area contributed by atoms with Crippen LogP contribution in [0.1, 0.15) is 24.3 Å². The van der Waals surface area contributed by atoms with Crippen molar-refractivity contribution in [3.8, 4) is 0 Å². The van der Waals surface area contributed by atoms with E-state index >= 15 is 0 Å². The summed E-state index contributed by atoms with van der Waals surface area (Å²) in [6.07, 6.45) is 0.983. The third-order valence-corrected chi connectivity index (χ3v) is 4.31. The molecule has 0 fully saturated rings. The van der Waals surface area contributed by atoms with Gasteiger partial charge in [-0.1, -0.05) is 12.1 Å². The van der Waals surface area contributed by atoms with Gasteiger partial charge in [0.1, 0.15) is 0 Å². The second-order valence-corrected chi connectivity index (χ2v) is 6.33. The summed E-state index contributed by atoms with van der Waals surface area (Å²) in [5.41, 5.74) is 1.73. The zero-order chi connectivity index (χ0) is 14.9. The number of anilines is 1. The summed E-state index contributed by atoms with van der Waals surface area (Å²) in [6, 6.07) is 6.12. The van der Waals surface area contributed by atoms with Gasteiger partial charge in [0.25, 0.3) is 10.0 Å². The maximum Gasteiger partial charge on any atom is 0.262 e. The number of aryl methyl sites for hydroxylation is 2. The third kappa shape index (κ3) is 3.00. The Morgan fingerprint density at radius 1 is 1.30 bits per heavy atom. The number of nitrogens with one attached hydrogen (secondary N) is 1. The summed E-state index contributed by atoms with van der Waals surface area (Å²) < 4.78 is 28.5. The van der Waals surface area contributed by atoms with Crippen LogP contribution in [0.4, 0.5) is 5.69 Å². The highest BCUT2D eigenvalue weighted by Gasteiger charge is 2.17. The Bertz CT molecular complexity index is 703. The van der Waals surface area contributed by atoms with Gasteiger partial charge in [0.2, 0.25) is 0 Å². The maximum absolute atomic E-state index is 12.2. The fourth-order valence-electron chi connectivity index (χ4n) is 1.83. The molecule has 0 saturated heterocycles. The highest BCUT2D eigenvalue weighted by atomic mass is 32.2. The molecule has 108 valence electrons. The van der Waals surface area contributed by atoms with Crippen LogP contribution in [0.3, 0.4) is 0 Å². The Kier molecular flexibility index (Phi) is 3.82. The van der Waals surface area contributed by atoms with E-state index in [0.717, 1.165) is 0 Å². The van der Waals surface area contributed by atoms with Gasteiger partial charge in [-0.2, -0.15) is 5.10 Å². The second-order valence-electron chi connectivity index (χ2n) is 4.65. The molecule has 6 nitrogen and oxygen atoms in total. The van der Waals surface area contributed by atoms with Crippen molar-refractivity contribution in [3.05, 3.63) is 41.7 Å². The van der Waals surface area contributed by atoms with Crippen LogP contribution in [-0.2, 0) is 17.1 Å². The summed E-state index contributed by atoms with van der Waals surface area (Å²) in [5, 5.41) is 13.5. The normalized spacial score (nSPS) is 13.2. The van der Waals surface area contributed by atoms with Crippen LogP contribution < -0.4 is 4.72 Å². The van der Waals surface area contributed by atoms with Crippen LogP contribution >= 0.6 is 0 Å². The number of hydrogen-bond acceptors (Lipinski definition) is 4. The SMILES string of the molecule is Cc1nn(C)cc1NS(=O)(=O)c1ccc(C(C)O)cc1. The number of aromatic nitrogens is 2. The molecule has 2 N–H and O–H groups in total. The maximum atomic E-state index is 12.2. The van der Waals surface area contributed by atoms with Gasteiger partial charge in [0.05, 0.1) is 22.4 Å². The van der Waals surface area contributed by atoms with E-state index in [0.29, 0.717) is 16.9 Å². The molecule has 0 aliphatic carbocycles. The molecule has 1 aromatic carbocycles. The molecule has 0 amide bonds. The van der Waals surface area contributed by atoms with E-state index in [1.54, 1.807) is 43.9 Å². The molecule has 0 aliphatic heterocycles. The Labute approximate surface area is 118 Å². The first kappa shape index (κ1) is 14.5. The van der Waals surface area contributed by atoms with Gasteiger partial charge < -0.3 is 5.11 Å². The van der Waals surface area contributed by atoms with E-state index in [2.05, 4.69) is 9.82 Å². The summed E-state index contributed by atoms with van der Waals surface area (Å²) in [7, 11) is -1.93. The first-order valence-electron chi connectivity index (χ1n) is 6.10.